The molecule has 2 heterocycles. The molecule has 6 heteroatoms. The number of aryl methyl sites for hydroxylation is 1. The lowest BCUT2D eigenvalue weighted by molar-refractivity contribution is -0.132. The smallest absolute Gasteiger partial charge is 0.300 e. The van der Waals surface area contributed by atoms with E-state index in [0.29, 0.717) is 35.8 Å². The first-order chi connectivity index (χ1) is 16.6. The van der Waals surface area contributed by atoms with E-state index in [1.165, 1.54) is 4.90 Å². The molecule has 1 unspecified atom stereocenters. The number of rotatable bonds is 5. The lowest BCUT2D eigenvalue weighted by Crippen LogP contribution is -2.29. The number of nitrogens with zero attached hydrogens (tertiary/aromatic N) is 1. The Morgan fingerprint density at radius 1 is 1.06 bits per heavy atom. The molecule has 0 radical (unpaired) electrons. The normalized spacial score (nSPS) is 19.0. The maximum Gasteiger partial charge on any atom is 0.300 e. The molecule has 2 aliphatic rings. The highest BCUT2D eigenvalue weighted by atomic mass is 16.5. The van der Waals surface area contributed by atoms with Gasteiger partial charge in [-0.1, -0.05) is 30.3 Å². The molecule has 3 aromatic rings. The summed E-state index contributed by atoms with van der Waals surface area (Å²) in [6.45, 7) is 3.04. The van der Waals surface area contributed by atoms with Gasteiger partial charge in [0.15, 0.2) is 0 Å². The number of hydrogen-bond acceptors (Lipinski definition) is 5. The first kappa shape index (κ1) is 21.8. The van der Waals surface area contributed by atoms with Gasteiger partial charge in [0, 0.05) is 11.3 Å². The van der Waals surface area contributed by atoms with Crippen molar-refractivity contribution in [2.75, 3.05) is 18.1 Å². The second kappa shape index (κ2) is 9.06. The third kappa shape index (κ3) is 3.81. The maximum absolute atomic E-state index is 13.3. The number of carbonyl (C=O) groups is 2. The van der Waals surface area contributed by atoms with Crippen molar-refractivity contribution in [1.82, 2.24) is 0 Å². The molecule has 1 N–H and O–H groups in total. The Balaban J connectivity index is 1.69. The largest absolute Gasteiger partial charge is 0.507 e. The SMILES string of the molecule is CCOc1cccc(C2/C(=C(/O)c3ccc4c(c3)CCCO4)C(=O)C(=O)N2c2ccccc2)c1. The van der Waals surface area contributed by atoms with E-state index in [0.717, 1.165) is 24.2 Å². The van der Waals surface area contributed by atoms with E-state index in [-0.39, 0.29) is 11.3 Å². The van der Waals surface area contributed by atoms with Gasteiger partial charge in [0.25, 0.3) is 11.7 Å². The molecule has 172 valence electrons. The molecular formula is C28H25NO5. The number of aliphatic hydroxyl groups excluding tert-OH is 1. The number of para-hydroxylation sites is 1. The molecule has 0 aliphatic carbocycles. The van der Waals surface area contributed by atoms with Crippen LogP contribution in [0.15, 0.2) is 78.4 Å². The Labute approximate surface area is 198 Å². The zero-order chi connectivity index (χ0) is 23.7. The number of carbonyl (C=O) groups excluding carboxylic acids is 2. The van der Waals surface area contributed by atoms with E-state index in [9.17, 15) is 14.7 Å². The molecule has 3 aromatic carbocycles. The molecule has 0 aromatic heterocycles. The number of fused-ring (bicyclic) bond motifs is 1. The topological polar surface area (TPSA) is 76.1 Å². The van der Waals surface area contributed by atoms with E-state index in [4.69, 9.17) is 9.47 Å². The van der Waals surface area contributed by atoms with Crippen LogP contribution >= 0.6 is 0 Å². The van der Waals surface area contributed by atoms with Crippen LogP contribution in [0, 0.1) is 0 Å². The minimum absolute atomic E-state index is 0.0548. The molecule has 5 rings (SSSR count). The van der Waals surface area contributed by atoms with Crippen LogP contribution in [0.25, 0.3) is 5.76 Å². The molecular weight excluding hydrogens is 430 g/mol. The van der Waals surface area contributed by atoms with Gasteiger partial charge in [-0.05, 0) is 73.4 Å². The second-order valence-electron chi connectivity index (χ2n) is 8.28. The van der Waals surface area contributed by atoms with Crippen LogP contribution in [0.4, 0.5) is 5.69 Å². The van der Waals surface area contributed by atoms with Gasteiger partial charge in [-0.15, -0.1) is 0 Å². The summed E-state index contributed by atoms with van der Waals surface area (Å²) in [5.74, 6) is -0.182. The Hall–Kier alpha value is -4.06. The number of ether oxygens (including phenoxy) is 2. The minimum Gasteiger partial charge on any atom is -0.507 e. The average molecular weight is 456 g/mol. The van der Waals surface area contributed by atoms with Crippen LogP contribution < -0.4 is 14.4 Å². The lowest BCUT2D eigenvalue weighted by atomic mass is 9.93. The van der Waals surface area contributed by atoms with Crippen LogP contribution in [-0.4, -0.2) is 30.0 Å². The van der Waals surface area contributed by atoms with Gasteiger partial charge in [-0.2, -0.15) is 0 Å². The zero-order valence-corrected chi connectivity index (χ0v) is 18.9. The van der Waals surface area contributed by atoms with Crippen LogP contribution in [0.3, 0.4) is 0 Å². The molecule has 34 heavy (non-hydrogen) atoms. The van der Waals surface area contributed by atoms with E-state index in [2.05, 4.69) is 0 Å². The summed E-state index contributed by atoms with van der Waals surface area (Å²) in [4.78, 5) is 28.0. The first-order valence-electron chi connectivity index (χ1n) is 11.4. The summed E-state index contributed by atoms with van der Waals surface area (Å²) in [7, 11) is 0. The standard InChI is InChI=1S/C28H25NO5/c1-2-33-22-12-6-8-19(17-22)25-24(27(31)28(32)29(25)21-10-4-3-5-11-21)26(30)20-13-14-23-18(16-20)9-7-15-34-23/h3-6,8,10-14,16-17,25,30H,2,7,9,15H2,1H3/b26-24-. The van der Waals surface area contributed by atoms with E-state index in [1.807, 2.05) is 61.5 Å². The van der Waals surface area contributed by atoms with Crippen molar-refractivity contribution in [1.29, 1.82) is 0 Å². The van der Waals surface area contributed by atoms with Crippen LogP contribution in [0.1, 0.15) is 36.1 Å². The van der Waals surface area contributed by atoms with Crippen molar-refractivity contribution < 1.29 is 24.2 Å². The Morgan fingerprint density at radius 2 is 1.88 bits per heavy atom. The van der Waals surface area contributed by atoms with Crippen LogP contribution in [0.2, 0.25) is 0 Å². The molecule has 1 atom stereocenters. The van der Waals surface area contributed by atoms with Gasteiger partial charge in [-0.3, -0.25) is 14.5 Å². The Kier molecular flexibility index (Phi) is 5.80. The summed E-state index contributed by atoms with van der Waals surface area (Å²) in [5.41, 5.74) is 2.77. The zero-order valence-electron chi connectivity index (χ0n) is 18.9. The Morgan fingerprint density at radius 3 is 2.68 bits per heavy atom. The predicted molar refractivity (Wildman–Crippen MR) is 129 cm³/mol. The van der Waals surface area contributed by atoms with Crippen LogP contribution in [0.5, 0.6) is 11.5 Å². The molecule has 1 amide bonds. The predicted octanol–water partition coefficient (Wildman–Crippen LogP) is 5.04. The van der Waals surface area contributed by atoms with Gasteiger partial charge >= 0.3 is 0 Å². The Bertz CT molecular complexity index is 1280. The number of aliphatic hydroxyl groups is 1. The number of Topliss-reactive ketones (excluding diaryl/α,β-unsaturated/α-hetero) is 1. The number of benzene rings is 3. The summed E-state index contributed by atoms with van der Waals surface area (Å²) >= 11 is 0. The third-order valence-electron chi connectivity index (χ3n) is 6.15. The van der Waals surface area contributed by atoms with Crippen molar-refractivity contribution >= 4 is 23.1 Å². The highest BCUT2D eigenvalue weighted by Crippen LogP contribution is 2.43. The van der Waals surface area contributed by atoms with Gasteiger partial charge in [-0.25, -0.2) is 0 Å². The van der Waals surface area contributed by atoms with Gasteiger partial charge in [0.1, 0.15) is 17.3 Å². The van der Waals surface area contributed by atoms with E-state index in [1.54, 1.807) is 18.2 Å². The summed E-state index contributed by atoms with van der Waals surface area (Å²) in [5, 5.41) is 11.4. The van der Waals surface area contributed by atoms with Crippen LogP contribution in [-0.2, 0) is 16.0 Å². The van der Waals surface area contributed by atoms with Crippen molar-refractivity contribution in [2.24, 2.45) is 0 Å². The number of amides is 1. The average Bonchev–Trinajstić information content (AvgIpc) is 3.14. The van der Waals surface area contributed by atoms with Crippen molar-refractivity contribution in [3.8, 4) is 11.5 Å². The fraction of sp³-hybridized carbons (Fsp3) is 0.214. The van der Waals surface area contributed by atoms with Crippen molar-refractivity contribution in [3.63, 3.8) is 0 Å². The maximum atomic E-state index is 13.3. The lowest BCUT2D eigenvalue weighted by Gasteiger charge is -2.26. The number of anilines is 1. The molecule has 0 saturated carbocycles. The van der Waals surface area contributed by atoms with Gasteiger partial charge < -0.3 is 14.6 Å². The van der Waals surface area contributed by atoms with Gasteiger partial charge in [0.2, 0.25) is 0 Å². The van der Waals surface area contributed by atoms with Crippen molar-refractivity contribution in [3.05, 3.63) is 95.1 Å². The molecule has 2 aliphatic heterocycles. The first-order valence-corrected chi connectivity index (χ1v) is 11.4. The monoisotopic (exact) mass is 455 g/mol. The number of ketones is 1. The van der Waals surface area contributed by atoms with Crippen molar-refractivity contribution in [2.45, 2.75) is 25.8 Å². The highest BCUT2D eigenvalue weighted by Gasteiger charge is 2.47. The fourth-order valence-corrected chi connectivity index (χ4v) is 4.61. The second-order valence-corrected chi connectivity index (χ2v) is 8.28. The molecule has 6 nitrogen and oxygen atoms in total. The third-order valence-corrected chi connectivity index (χ3v) is 6.15. The minimum atomic E-state index is -0.796. The molecule has 1 saturated heterocycles. The molecule has 0 spiro atoms. The fourth-order valence-electron chi connectivity index (χ4n) is 4.61. The van der Waals surface area contributed by atoms with E-state index < -0.39 is 17.7 Å². The summed E-state index contributed by atoms with van der Waals surface area (Å²) in [6, 6.07) is 20.9. The van der Waals surface area contributed by atoms with E-state index >= 15 is 0 Å². The summed E-state index contributed by atoms with van der Waals surface area (Å²) in [6.07, 6.45) is 1.72. The quantitative estimate of drug-likeness (QED) is 0.332. The van der Waals surface area contributed by atoms with Gasteiger partial charge in [0.05, 0.1) is 24.8 Å². The molecule has 1 fully saturated rings. The molecule has 0 bridgehead atoms. The highest BCUT2D eigenvalue weighted by molar-refractivity contribution is 6.51. The number of hydrogen-bond donors (Lipinski definition) is 1. The summed E-state index contributed by atoms with van der Waals surface area (Å²) < 4.78 is 11.3.